The maximum absolute atomic E-state index is 12.0. The normalized spacial score (nSPS) is 11.2. The Morgan fingerprint density at radius 1 is 1.25 bits per heavy atom. The van der Waals surface area contributed by atoms with Crippen LogP contribution in [-0.4, -0.2) is 22.4 Å². The third-order valence-electron chi connectivity index (χ3n) is 1.52. The molecule has 1 rings (SSSR count). The molecule has 0 unspecified atom stereocenters. The monoisotopic (exact) mass is 250 g/mol. The maximum Gasteiger partial charge on any atom is 0.446 e. The lowest BCUT2D eigenvalue weighted by atomic mass is 10.1. The number of hydrogen-bond donors (Lipinski definition) is 1. The summed E-state index contributed by atoms with van der Waals surface area (Å²) < 4.78 is 36.0. The third-order valence-corrected chi connectivity index (χ3v) is 2.25. The molecule has 0 saturated heterocycles. The predicted octanol–water partition coefficient (Wildman–Crippen LogP) is 2.57. The Balaban J connectivity index is 2.96. The zero-order valence-corrected chi connectivity index (χ0v) is 8.43. The summed E-state index contributed by atoms with van der Waals surface area (Å²) in [6.45, 7) is 0. The lowest BCUT2D eigenvalue weighted by molar-refractivity contribution is -0.131. The number of carboxylic acids is 1. The van der Waals surface area contributed by atoms with Crippen LogP contribution in [-0.2, 0) is 4.79 Å². The van der Waals surface area contributed by atoms with Crippen molar-refractivity contribution in [1.82, 2.24) is 0 Å². The lowest BCUT2D eigenvalue weighted by Crippen LogP contribution is -2.12. The van der Waals surface area contributed by atoms with Gasteiger partial charge < -0.3 is 5.11 Å². The first-order valence-electron chi connectivity index (χ1n) is 3.93. The smallest absolute Gasteiger partial charge is 0.446 e. The number of carboxylic acid groups (broad SMARTS) is 1. The summed E-state index contributed by atoms with van der Waals surface area (Å²) in [5.74, 6) is -2.93. The van der Waals surface area contributed by atoms with Crippen LogP contribution < -0.4 is 0 Å². The molecule has 1 N–H and O–H groups in total. The van der Waals surface area contributed by atoms with E-state index in [0.29, 0.717) is 0 Å². The molecule has 0 spiro atoms. The standard InChI is InChI=1S/C9H5F3O3S/c10-9(11,12)16-6-3-1-2-5(4-6)7(13)8(14)15/h1-4H,(H,14,15). The number of benzene rings is 1. The van der Waals surface area contributed by atoms with E-state index in [4.69, 9.17) is 5.11 Å². The minimum absolute atomic E-state index is 0.223. The van der Waals surface area contributed by atoms with E-state index in [1.54, 1.807) is 0 Å². The van der Waals surface area contributed by atoms with Crippen LogP contribution in [0.2, 0.25) is 0 Å². The third kappa shape index (κ3) is 3.58. The highest BCUT2D eigenvalue weighted by atomic mass is 32.2. The molecule has 1 aromatic carbocycles. The molecule has 0 radical (unpaired) electrons. The summed E-state index contributed by atoms with van der Waals surface area (Å²) in [6.07, 6.45) is 0. The number of rotatable bonds is 3. The Morgan fingerprint density at radius 3 is 2.38 bits per heavy atom. The molecule has 86 valence electrons. The molecule has 0 aromatic heterocycles. The van der Waals surface area contributed by atoms with Gasteiger partial charge in [0.2, 0.25) is 0 Å². The Labute approximate surface area is 92.3 Å². The number of hydrogen-bond acceptors (Lipinski definition) is 3. The first-order valence-corrected chi connectivity index (χ1v) is 4.74. The first-order chi connectivity index (χ1) is 7.29. The number of carbonyl (C=O) groups is 2. The van der Waals surface area contributed by atoms with Crippen molar-refractivity contribution in [3.63, 3.8) is 0 Å². The number of ketones is 1. The average molecular weight is 250 g/mol. The quantitative estimate of drug-likeness (QED) is 0.509. The average Bonchev–Trinajstić information content (AvgIpc) is 2.14. The predicted molar refractivity (Wildman–Crippen MR) is 50.3 cm³/mol. The topological polar surface area (TPSA) is 54.4 Å². The Bertz CT molecular complexity index is 428. The number of aliphatic carboxylic acids is 1. The van der Waals surface area contributed by atoms with E-state index in [-0.39, 0.29) is 10.5 Å². The van der Waals surface area contributed by atoms with Crippen LogP contribution in [0, 0.1) is 0 Å². The molecule has 0 aliphatic carbocycles. The largest absolute Gasteiger partial charge is 0.475 e. The van der Waals surface area contributed by atoms with Gasteiger partial charge in [0, 0.05) is 10.5 Å². The number of Topliss-reactive ketones (excluding diaryl/α,β-unsaturated/α-hetero) is 1. The van der Waals surface area contributed by atoms with Crippen LogP contribution in [0.15, 0.2) is 29.2 Å². The van der Waals surface area contributed by atoms with Crippen molar-refractivity contribution in [1.29, 1.82) is 0 Å². The van der Waals surface area contributed by atoms with Gasteiger partial charge in [-0.3, -0.25) is 4.79 Å². The van der Waals surface area contributed by atoms with Gasteiger partial charge in [0.15, 0.2) is 0 Å². The van der Waals surface area contributed by atoms with Crippen molar-refractivity contribution in [3.05, 3.63) is 29.8 Å². The zero-order chi connectivity index (χ0) is 12.3. The van der Waals surface area contributed by atoms with Crippen molar-refractivity contribution < 1.29 is 27.9 Å². The summed E-state index contributed by atoms with van der Waals surface area (Å²) in [6, 6.07) is 4.40. The molecule has 0 aliphatic heterocycles. The van der Waals surface area contributed by atoms with Gasteiger partial charge in [-0.05, 0) is 23.9 Å². The Morgan fingerprint density at radius 2 is 1.88 bits per heavy atom. The molecule has 0 atom stereocenters. The molecule has 16 heavy (non-hydrogen) atoms. The maximum atomic E-state index is 12.0. The molecule has 3 nitrogen and oxygen atoms in total. The van der Waals surface area contributed by atoms with Crippen molar-refractivity contribution >= 4 is 23.5 Å². The summed E-state index contributed by atoms with van der Waals surface area (Å²) in [5.41, 5.74) is -4.74. The highest BCUT2D eigenvalue weighted by Gasteiger charge is 2.29. The van der Waals surface area contributed by atoms with Crippen LogP contribution in [0.5, 0.6) is 0 Å². The number of alkyl halides is 3. The molecule has 0 heterocycles. The minimum atomic E-state index is -4.47. The van der Waals surface area contributed by atoms with E-state index < -0.39 is 29.0 Å². The molecule has 0 amide bonds. The van der Waals surface area contributed by atoms with Crippen LogP contribution in [0.4, 0.5) is 13.2 Å². The van der Waals surface area contributed by atoms with Gasteiger partial charge in [-0.15, -0.1) is 0 Å². The van der Waals surface area contributed by atoms with E-state index >= 15 is 0 Å². The molecule has 1 aromatic rings. The molecule has 0 bridgehead atoms. The number of thioether (sulfide) groups is 1. The number of halogens is 3. The summed E-state index contributed by atoms with van der Waals surface area (Å²) >= 11 is -0.401. The van der Waals surface area contributed by atoms with Crippen molar-refractivity contribution in [2.45, 2.75) is 10.4 Å². The first kappa shape index (κ1) is 12.6. The van der Waals surface area contributed by atoms with Gasteiger partial charge in [0.1, 0.15) is 0 Å². The fourth-order valence-corrected chi connectivity index (χ4v) is 1.56. The highest BCUT2D eigenvalue weighted by molar-refractivity contribution is 8.00. The van der Waals surface area contributed by atoms with Gasteiger partial charge in [-0.1, -0.05) is 12.1 Å². The van der Waals surface area contributed by atoms with Crippen LogP contribution in [0.1, 0.15) is 10.4 Å². The van der Waals surface area contributed by atoms with E-state index in [1.807, 2.05) is 0 Å². The van der Waals surface area contributed by atoms with Crippen molar-refractivity contribution in [2.75, 3.05) is 0 Å². The Hall–Kier alpha value is -1.50. The van der Waals surface area contributed by atoms with E-state index in [2.05, 4.69) is 0 Å². The lowest BCUT2D eigenvalue weighted by Gasteiger charge is -2.05. The second kappa shape index (κ2) is 4.56. The molecular formula is C9H5F3O3S. The van der Waals surface area contributed by atoms with Crippen molar-refractivity contribution in [2.24, 2.45) is 0 Å². The summed E-state index contributed by atoms with van der Waals surface area (Å²) in [7, 11) is 0. The van der Waals surface area contributed by atoms with Crippen LogP contribution in [0.25, 0.3) is 0 Å². The highest BCUT2D eigenvalue weighted by Crippen LogP contribution is 2.36. The van der Waals surface area contributed by atoms with Crippen molar-refractivity contribution in [3.8, 4) is 0 Å². The zero-order valence-electron chi connectivity index (χ0n) is 7.62. The SMILES string of the molecule is O=C(O)C(=O)c1cccc(SC(F)(F)F)c1. The Kier molecular flexibility index (Phi) is 3.58. The van der Waals surface area contributed by atoms with E-state index in [9.17, 15) is 22.8 Å². The van der Waals surface area contributed by atoms with Gasteiger partial charge in [-0.25, -0.2) is 4.79 Å². The second-order valence-corrected chi connectivity index (χ2v) is 3.85. The fraction of sp³-hybridized carbons (Fsp3) is 0.111. The molecule has 0 fully saturated rings. The fourth-order valence-electron chi connectivity index (χ4n) is 0.958. The molecule has 0 aliphatic rings. The summed E-state index contributed by atoms with van der Waals surface area (Å²) in [5, 5.41) is 8.38. The van der Waals surface area contributed by atoms with Crippen LogP contribution >= 0.6 is 11.8 Å². The summed E-state index contributed by atoms with van der Waals surface area (Å²) in [4.78, 5) is 21.1. The van der Waals surface area contributed by atoms with Gasteiger partial charge in [-0.2, -0.15) is 13.2 Å². The van der Waals surface area contributed by atoms with Gasteiger partial charge in [0.25, 0.3) is 5.78 Å². The molecule has 7 heteroatoms. The molecule has 0 saturated carbocycles. The van der Waals surface area contributed by atoms with Gasteiger partial charge >= 0.3 is 11.5 Å². The van der Waals surface area contributed by atoms with E-state index in [1.165, 1.54) is 6.07 Å². The van der Waals surface area contributed by atoms with Crippen LogP contribution in [0.3, 0.4) is 0 Å². The second-order valence-electron chi connectivity index (χ2n) is 2.71. The van der Waals surface area contributed by atoms with E-state index in [0.717, 1.165) is 18.2 Å². The van der Waals surface area contributed by atoms with Gasteiger partial charge in [0.05, 0.1) is 0 Å². The molecular weight excluding hydrogens is 245 g/mol. The minimum Gasteiger partial charge on any atom is -0.475 e. The number of carbonyl (C=O) groups excluding carboxylic acids is 1.